The van der Waals surface area contributed by atoms with Gasteiger partial charge in [-0.05, 0) is 36.8 Å². The highest BCUT2D eigenvalue weighted by atomic mass is 19.1. The number of aromatic nitrogens is 2. The van der Waals surface area contributed by atoms with Gasteiger partial charge < -0.3 is 9.72 Å². The van der Waals surface area contributed by atoms with Crippen LogP contribution in [0.15, 0.2) is 36.5 Å². The lowest BCUT2D eigenvalue weighted by Crippen LogP contribution is -2.08. The number of fused-ring (bicyclic) bond motifs is 1. The summed E-state index contributed by atoms with van der Waals surface area (Å²) in [6, 6.07) is 8.19. The van der Waals surface area contributed by atoms with Crippen LogP contribution >= 0.6 is 0 Å². The van der Waals surface area contributed by atoms with Gasteiger partial charge >= 0.3 is 6.15 Å². The molecule has 3 rings (SSSR count). The molecule has 0 aliphatic carbocycles. The van der Waals surface area contributed by atoms with E-state index in [0.29, 0.717) is 0 Å². The van der Waals surface area contributed by atoms with E-state index < -0.39 is 5.82 Å². The number of carbonyl (C=O) groups excluding carboxylic acids is 3. The summed E-state index contributed by atoms with van der Waals surface area (Å²) in [5, 5.41) is 0.934. The second-order valence-electron chi connectivity index (χ2n) is 5.23. The van der Waals surface area contributed by atoms with Crippen LogP contribution in [0.3, 0.4) is 0 Å². The molecule has 25 heavy (non-hydrogen) atoms. The van der Waals surface area contributed by atoms with Crippen molar-refractivity contribution in [2.24, 2.45) is 0 Å². The van der Waals surface area contributed by atoms with Gasteiger partial charge in [-0.1, -0.05) is 6.07 Å². The molecule has 0 saturated heterocycles. The van der Waals surface area contributed by atoms with E-state index in [1.54, 1.807) is 12.3 Å². The molecule has 0 radical (unpaired) electrons. The molecule has 128 valence electrons. The lowest BCUT2D eigenvalue weighted by atomic mass is 10.0. The van der Waals surface area contributed by atoms with Crippen molar-refractivity contribution in [3.8, 4) is 5.75 Å². The van der Waals surface area contributed by atoms with Crippen LogP contribution < -0.4 is 4.74 Å². The number of halogens is 1. The van der Waals surface area contributed by atoms with E-state index in [-0.39, 0.29) is 29.7 Å². The number of hydrogen-bond acceptors (Lipinski definition) is 5. The number of pyridine rings is 1. The molecule has 0 fully saturated rings. The monoisotopic (exact) mass is 342 g/mol. The van der Waals surface area contributed by atoms with Crippen molar-refractivity contribution >= 4 is 23.0 Å². The number of nitrogens with zero attached hydrogens (tertiary/aromatic N) is 1. The van der Waals surface area contributed by atoms with E-state index in [4.69, 9.17) is 14.3 Å². The van der Waals surface area contributed by atoms with Gasteiger partial charge in [-0.15, -0.1) is 0 Å². The van der Waals surface area contributed by atoms with Gasteiger partial charge in [-0.25, -0.2) is 9.37 Å². The molecular weight excluding hydrogens is 327 g/mol. The molecule has 3 aromatic rings. The number of benzene rings is 1. The number of ketones is 1. The van der Waals surface area contributed by atoms with Crippen molar-refractivity contribution in [1.82, 2.24) is 9.97 Å². The van der Waals surface area contributed by atoms with Crippen molar-refractivity contribution in [3.05, 3.63) is 59.2 Å². The molecule has 2 aromatic heterocycles. The highest BCUT2D eigenvalue weighted by Gasteiger charge is 2.18. The molecule has 0 aliphatic rings. The number of aryl methyl sites for hydroxylation is 1. The number of hydrogen-bond donors (Lipinski definition) is 1. The number of rotatable bonds is 4. The van der Waals surface area contributed by atoms with Crippen LogP contribution in [-0.2, 0) is 16.0 Å². The summed E-state index contributed by atoms with van der Waals surface area (Å²) in [6.07, 6.45) is 1.95. The van der Waals surface area contributed by atoms with Gasteiger partial charge in [0.15, 0.2) is 5.78 Å². The number of aromatic amines is 1. The molecule has 0 unspecified atom stereocenters. The molecular formula is C18H15FN2O4. The lowest BCUT2D eigenvalue weighted by molar-refractivity contribution is -0.191. The maximum atomic E-state index is 13.9. The second-order valence-corrected chi connectivity index (χ2v) is 5.23. The number of ether oxygens (including phenoxy) is 1. The Hall–Kier alpha value is -3.31. The van der Waals surface area contributed by atoms with Gasteiger partial charge in [0.1, 0.15) is 17.2 Å². The Balaban J connectivity index is 0.000000701. The number of Topliss-reactive ketones (excluding diaryl/α,β-unsaturated/α-hetero) is 1. The summed E-state index contributed by atoms with van der Waals surface area (Å²) in [5.41, 5.74) is 2.50. The minimum atomic E-state index is -0.573. The van der Waals surface area contributed by atoms with Crippen molar-refractivity contribution < 1.29 is 23.5 Å². The van der Waals surface area contributed by atoms with Gasteiger partial charge in [0.25, 0.3) is 0 Å². The average molecular weight is 342 g/mol. The first-order valence-electron chi connectivity index (χ1n) is 7.29. The van der Waals surface area contributed by atoms with E-state index in [1.165, 1.54) is 19.2 Å². The molecule has 2 heterocycles. The predicted molar refractivity (Wildman–Crippen MR) is 86.8 cm³/mol. The van der Waals surface area contributed by atoms with Gasteiger partial charge in [0.2, 0.25) is 0 Å². The van der Waals surface area contributed by atoms with Gasteiger partial charge in [0, 0.05) is 23.7 Å². The third kappa shape index (κ3) is 4.16. The summed E-state index contributed by atoms with van der Waals surface area (Å²) >= 11 is 0. The molecule has 6 nitrogen and oxygen atoms in total. The Morgan fingerprint density at radius 2 is 2.04 bits per heavy atom. The number of methoxy groups -OCH3 is 1. The molecule has 0 amide bonds. The largest absolute Gasteiger partial charge is 0.496 e. The van der Waals surface area contributed by atoms with Crippen LogP contribution in [-0.4, -0.2) is 29.0 Å². The van der Waals surface area contributed by atoms with Crippen molar-refractivity contribution in [3.63, 3.8) is 0 Å². The van der Waals surface area contributed by atoms with Gasteiger partial charge in [0.05, 0.1) is 12.7 Å². The minimum absolute atomic E-state index is 0.0182. The second kappa shape index (κ2) is 7.99. The van der Waals surface area contributed by atoms with Crippen LogP contribution in [0.25, 0.3) is 11.0 Å². The standard InChI is InChI=1S/C17H15FN2O2.CO2/c1-10-6-12-7-11(9-19-17(12)20-10)8-14(21)16-13(18)4-3-5-15(16)22-2;2-1-3/h3-7,9H,8H2,1-2H3,(H,19,20);. The van der Waals surface area contributed by atoms with E-state index in [9.17, 15) is 9.18 Å². The number of nitrogens with one attached hydrogen (secondary N) is 1. The molecule has 0 atom stereocenters. The molecule has 1 N–H and O–H groups in total. The first kappa shape index (κ1) is 18.0. The number of carbonyl (C=O) groups is 1. The zero-order valence-corrected chi connectivity index (χ0v) is 13.6. The van der Waals surface area contributed by atoms with Crippen LogP contribution in [0, 0.1) is 12.7 Å². The molecule has 0 spiro atoms. The molecule has 0 bridgehead atoms. The van der Waals surface area contributed by atoms with E-state index in [2.05, 4.69) is 9.97 Å². The fourth-order valence-corrected chi connectivity index (χ4v) is 2.51. The van der Waals surface area contributed by atoms with Crippen LogP contribution in [0.5, 0.6) is 5.75 Å². The Labute approximate surface area is 142 Å². The average Bonchev–Trinajstić information content (AvgIpc) is 2.94. The van der Waals surface area contributed by atoms with Crippen molar-refractivity contribution in [2.45, 2.75) is 13.3 Å². The summed E-state index contributed by atoms with van der Waals surface area (Å²) in [6.45, 7) is 1.94. The highest BCUT2D eigenvalue weighted by Crippen LogP contribution is 2.23. The topological polar surface area (TPSA) is 89.1 Å². The molecule has 1 aromatic carbocycles. The SMILES string of the molecule is COc1cccc(F)c1C(=O)Cc1cnc2[nH]c(C)cc2c1.O=C=O. The van der Waals surface area contributed by atoms with Crippen LogP contribution in [0.4, 0.5) is 4.39 Å². The minimum Gasteiger partial charge on any atom is -0.496 e. The zero-order valence-electron chi connectivity index (χ0n) is 13.6. The Kier molecular flexibility index (Phi) is 5.76. The normalized spacial score (nSPS) is 9.88. The Morgan fingerprint density at radius 1 is 1.32 bits per heavy atom. The summed E-state index contributed by atoms with van der Waals surface area (Å²) in [7, 11) is 1.42. The van der Waals surface area contributed by atoms with E-state index in [1.807, 2.05) is 19.1 Å². The molecule has 0 aliphatic heterocycles. The molecule has 7 heteroatoms. The third-order valence-corrected chi connectivity index (χ3v) is 3.50. The maximum absolute atomic E-state index is 13.9. The summed E-state index contributed by atoms with van der Waals surface area (Å²) < 4.78 is 19.0. The lowest BCUT2D eigenvalue weighted by Gasteiger charge is -2.08. The highest BCUT2D eigenvalue weighted by molar-refractivity contribution is 6.00. The fraction of sp³-hybridized carbons (Fsp3) is 0.167. The Bertz CT molecular complexity index is 943. The van der Waals surface area contributed by atoms with Crippen LogP contribution in [0.2, 0.25) is 0 Å². The zero-order chi connectivity index (χ0) is 18.4. The smallest absolute Gasteiger partial charge is 0.373 e. The van der Waals surface area contributed by atoms with Crippen LogP contribution in [0.1, 0.15) is 21.6 Å². The fourth-order valence-electron chi connectivity index (χ4n) is 2.51. The van der Waals surface area contributed by atoms with Crippen molar-refractivity contribution in [2.75, 3.05) is 7.11 Å². The van der Waals surface area contributed by atoms with Gasteiger partial charge in [-0.3, -0.25) is 4.79 Å². The summed E-state index contributed by atoms with van der Waals surface area (Å²) in [4.78, 5) is 36.1. The van der Waals surface area contributed by atoms with Crippen molar-refractivity contribution in [1.29, 1.82) is 0 Å². The first-order valence-corrected chi connectivity index (χ1v) is 7.29. The third-order valence-electron chi connectivity index (χ3n) is 3.50. The maximum Gasteiger partial charge on any atom is 0.373 e. The summed E-state index contributed by atoms with van der Waals surface area (Å²) in [5.74, 6) is -0.657. The van der Waals surface area contributed by atoms with E-state index >= 15 is 0 Å². The predicted octanol–water partition coefficient (Wildman–Crippen LogP) is 2.86. The van der Waals surface area contributed by atoms with Gasteiger partial charge in [-0.2, -0.15) is 9.59 Å². The number of H-pyrrole nitrogens is 1. The molecule has 0 saturated carbocycles. The van der Waals surface area contributed by atoms with E-state index in [0.717, 1.165) is 22.3 Å². The Morgan fingerprint density at radius 3 is 2.72 bits per heavy atom. The quantitative estimate of drug-likeness (QED) is 0.737. The first-order chi connectivity index (χ1) is 12.0.